The van der Waals surface area contributed by atoms with Crippen molar-refractivity contribution in [3.63, 3.8) is 0 Å². The van der Waals surface area contributed by atoms with Gasteiger partial charge in [0.1, 0.15) is 6.61 Å². The number of piperidine rings is 1. The van der Waals surface area contributed by atoms with Crippen LogP contribution in [0.3, 0.4) is 0 Å². The lowest BCUT2D eigenvalue weighted by Crippen LogP contribution is -2.34. The number of nitrogens with one attached hydrogen (secondary N) is 3. The van der Waals surface area contributed by atoms with E-state index in [1.807, 2.05) is 0 Å². The number of amides is 2. The first kappa shape index (κ1) is 15.5. The maximum absolute atomic E-state index is 11.8. The molecule has 0 unspecified atom stereocenters. The van der Waals surface area contributed by atoms with E-state index in [2.05, 4.69) is 16.0 Å². The van der Waals surface area contributed by atoms with Crippen molar-refractivity contribution in [2.45, 2.75) is 25.9 Å². The molecule has 1 saturated heterocycles. The van der Waals surface area contributed by atoms with Gasteiger partial charge in [-0.05, 0) is 44.1 Å². The van der Waals surface area contributed by atoms with E-state index < -0.39 is 0 Å². The molecule has 0 radical (unpaired) electrons. The molecule has 1 heterocycles. The molecule has 6 heteroatoms. The summed E-state index contributed by atoms with van der Waals surface area (Å²) < 4.78 is 5.59. The van der Waals surface area contributed by atoms with Gasteiger partial charge in [-0.15, -0.1) is 0 Å². The van der Waals surface area contributed by atoms with E-state index in [-0.39, 0.29) is 24.5 Å². The van der Waals surface area contributed by atoms with E-state index in [1.54, 1.807) is 24.3 Å². The largest absolute Gasteiger partial charge is 0.368 e. The summed E-state index contributed by atoms with van der Waals surface area (Å²) >= 11 is 0. The predicted molar refractivity (Wildman–Crippen MR) is 81.2 cm³/mol. The van der Waals surface area contributed by atoms with Crippen LogP contribution < -0.4 is 16.0 Å². The zero-order chi connectivity index (χ0) is 15.1. The lowest BCUT2D eigenvalue weighted by Gasteiger charge is -2.22. The summed E-state index contributed by atoms with van der Waals surface area (Å²) in [7, 11) is 0. The third kappa shape index (κ3) is 5.53. The summed E-state index contributed by atoms with van der Waals surface area (Å²) in [4.78, 5) is 22.9. The van der Waals surface area contributed by atoms with Crippen molar-refractivity contribution in [2.24, 2.45) is 0 Å². The van der Waals surface area contributed by atoms with Gasteiger partial charge in [0.25, 0.3) is 0 Å². The Hall–Kier alpha value is -1.92. The lowest BCUT2D eigenvalue weighted by atomic mass is 10.1. The second-order valence-electron chi connectivity index (χ2n) is 5.07. The third-order valence-corrected chi connectivity index (χ3v) is 3.20. The monoisotopic (exact) mass is 291 g/mol. The first-order valence-electron chi connectivity index (χ1n) is 7.13. The highest BCUT2D eigenvalue weighted by molar-refractivity contribution is 5.93. The Morgan fingerprint density at radius 1 is 1.24 bits per heavy atom. The van der Waals surface area contributed by atoms with Gasteiger partial charge >= 0.3 is 0 Å². The molecule has 1 aliphatic rings. The highest BCUT2D eigenvalue weighted by Gasteiger charge is 2.14. The Morgan fingerprint density at radius 2 is 1.90 bits per heavy atom. The molecule has 21 heavy (non-hydrogen) atoms. The van der Waals surface area contributed by atoms with Gasteiger partial charge in [0.05, 0.1) is 6.10 Å². The standard InChI is InChI=1S/C15H21N3O3/c1-11(19)17-12-3-2-4-13(9-12)18-15(20)10-21-14-5-7-16-8-6-14/h2-4,9,14,16H,5-8,10H2,1H3,(H,17,19)(H,18,20). The Balaban J connectivity index is 1.80. The van der Waals surface area contributed by atoms with E-state index in [4.69, 9.17) is 4.74 Å². The number of rotatable bonds is 5. The molecule has 0 aromatic heterocycles. The van der Waals surface area contributed by atoms with Gasteiger partial charge in [0.15, 0.2) is 0 Å². The minimum Gasteiger partial charge on any atom is -0.368 e. The van der Waals surface area contributed by atoms with Gasteiger partial charge in [-0.3, -0.25) is 9.59 Å². The summed E-state index contributed by atoms with van der Waals surface area (Å²) in [5, 5.41) is 8.69. The van der Waals surface area contributed by atoms with Crippen molar-refractivity contribution in [1.82, 2.24) is 5.32 Å². The fourth-order valence-corrected chi connectivity index (χ4v) is 2.23. The maximum atomic E-state index is 11.8. The number of carbonyl (C=O) groups is 2. The van der Waals surface area contributed by atoms with Crippen LogP contribution in [0.15, 0.2) is 24.3 Å². The number of anilines is 2. The van der Waals surface area contributed by atoms with Crippen LogP contribution >= 0.6 is 0 Å². The molecule has 1 fully saturated rings. The topological polar surface area (TPSA) is 79.5 Å². The molecule has 3 N–H and O–H groups in total. The van der Waals surface area contributed by atoms with Crippen molar-refractivity contribution in [3.05, 3.63) is 24.3 Å². The Morgan fingerprint density at radius 3 is 2.57 bits per heavy atom. The fourth-order valence-electron chi connectivity index (χ4n) is 2.23. The molecule has 6 nitrogen and oxygen atoms in total. The van der Waals surface area contributed by atoms with Gasteiger partial charge in [0, 0.05) is 18.3 Å². The average Bonchev–Trinajstić information content (AvgIpc) is 2.46. The normalized spacial score (nSPS) is 15.5. The van der Waals surface area contributed by atoms with Gasteiger partial charge in [-0.2, -0.15) is 0 Å². The van der Waals surface area contributed by atoms with E-state index in [9.17, 15) is 9.59 Å². The quantitative estimate of drug-likeness (QED) is 0.765. The van der Waals surface area contributed by atoms with Crippen molar-refractivity contribution in [3.8, 4) is 0 Å². The average molecular weight is 291 g/mol. The van der Waals surface area contributed by atoms with E-state index in [1.165, 1.54) is 6.92 Å². The van der Waals surface area contributed by atoms with Crippen LogP contribution in [0, 0.1) is 0 Å². The number of hydrogen-bond donors (Lipinski definition) is 3. The molecule has 1 aromatic carbocycles. The Kier molecular flexibility index (Phi) is 5.71. The molecule has 2 rings (SSSR count). The molecular formula is C15H21N3O3. The molecule has 0 saturated carbocycles. The van der Waals surface area contributed by atoms with Crippen molar-refractivity contribution < 1.29 is 14.3 Å². The van der Waals surface area contributed by atoms with Gasteiger partial charge in [-0.1, -0.05) is 6.07 Å². The minimum atomic E-state index is -0.187. The molecule has 0 aliphatic carbocycles. The molecule has 1 aliphatic heterocycles. The number of benzene rings is 1. The molecule has 0 atom stereocenters. The van der Waals surface area contributed by atoms with Crippen LogP contribution in [0.1, 0.15) is 19.8 Å². The molecule has 2 amide bonds. The summed E-state index contributed by atoms with van der Waals surface area (Å²) in [6, 6.07) is 7.02. The molecule has 0 bridgehead atoms. The SMILES string of the molecule is CC(=O)Nc1cccc(NC(=O)COC2CCNCC2)c1. The number of carbonyl (C=O) groups excluding carboxylic acids is 2. The minimum absolute atomic E-state index is 0.0506. The second-order valence-corrected chi connectivity index (χ2v) is 5.07. The van der Waals surface area contributed by atoms with E-state index in [0.29, 0.717) is 11.4 Å². The Bertz CT molecular complexity index is 499. The van der Waals surface area contributed by atoms with Crippen molar-refractivity contribution in [2.75, 3.05) is 30.3 Å². The second kappa shape index (κ2) is 7.75. The zero-order valence-electron chi connectivity index (χ0n) is 12.1. The Labute approximate surface area is 124 Å². The van der Waals surface area contributed by atoms with Gasteiger partial charge in [0.2, 0.25) is 11.8 Å². The molecule has 114 valence electrons. The van der Waals surface area contributed by atoms with E-state index in [0.717, 1.165) is 25.9 Å². The fraction of sp³-hybridized carbons (Fsp3) is 0.467. The van der Waals surface area contributed by atoms with Crippen LogP contribution in [-0.2, 0) is 14.3 Å². The summed E-state index contributed by atoms with van der Waals surface area (Å²) in [5.74, 6) is -0.332. The van der Waals surface area contributed by atoms with Crippen LogP contribution in [0.4, 0.5) is 11.4 Å². The van der Waals surface area contributed by atoms with Crippen LogP contribution in [0.25, 0.3) is 0 Å². The van der Waals surface area contributed by atoms with Crippen molar-refractivity contribution >= 4 is 23.2 Å². The number of hydrogen-bond acceptors (Lipinski definition) is 4. The summed E-state index contributed by atoms with van der Waals surface area (Å²) in [6.07, 6.45) is 2.03. The molecular weight excluding hydrogens is 270 g/mol. The maximum Gasteiger partial charge on any atom is 0.250 e. The molecule has 0 spiro atoms. The first-order valence-corrected chi connectivity index (χ1v) is 7.13. The smallest absolute Gasteiger partial charge is 0.250 e. The van der Waals surface area contributed by atoms with E-state index >= 15 is 0 Å². The van der Waals surface area contributed by atoms with Crippen LogP contribution in [0.5, 0.6) is 0 Å². The van der Waals surface area contributed by atoms with Gasteiger partial charge in [-0.25, -0.2) is 0 Å². The number of ether oxygens (including phenoxy) is 1. The van der Waals surface area contributed by atoms with Crippen LogP contribution in [-0.4, -0.2) is 37.6 Å². The van der Waals surface area contributed by atoms with Crippen molar-refractivity contribution in [1.29, 1.82) is 0 Å². The molecule has 1 aromatic rings. The lowest BCUT2D eigenvalue weighted by molar-refractivity contribution is -0.123. The van der Waals surface area contributed by atoms with Crippen LogP contribution in [0.2, 0.25) is 0 Å². The summed E-state index contributed by atoms with van der Waals surface area (Å²) in [6.45, 7) is 3.36. The predicted octanol–water partition coefficient (Wildman–Crippen LogP) is 1.35. The van der Waals surface area contributed by atoms with Gasteiger partial charge < -0.3 is 20.7 Å². The third-order valence-electron chi connectivity index (χ3n) is 3.20. The first-order chi connectivity index (χ1) is 10.1. The highest BCUT2D eigenvalue weighted by atomic mass is 16.5. The summed E-state index contributed by atoms with van der Waals surface area (Å²) in [5.41, 5.74) is 1.29. The zero-order valence-corrected chi connectivity index (χ0v) is 12.1. The highest BCUT2D eigenvalue weighted by Crippen LogP contribution is 2.15.